The highest BCUT2D eigenvalue weighted by Crippen LogP contribution is 2.37. The second-order valence-corrected chi connectivity index (χ2v) is 8.11. The van der Waals surface area contributed by atoms with Crippen LogP contribution in [-0.2, 0) is 11.0 Å². The van der Waals surface area contributed by atoms with Gasteiger partial charge in [0.15, 0.2) is 5.11 Å². The molecule has 158 valence electrons. The minimum atomic E-state index is -4.70. The molecule has 1 heterocycles. The van der Waals surface area contributed by atoms with Crippen LogP contribution < -0.4 is 4.90 Å². The predicted molar refractivity (Wildman–Crippen MR) is 110 cm³/mol. The number of hydrogen-bond acceptors (Lipinski definition) is 3. The van der Waals surface area contributed by atoms with Crippen molar-refractivity contribution >= 4 is 28.9 Å². The lowest BCUT2D eigenvalue weighted by Gasteiger charge is -2.29. The van der Waals surface area contributed by atoms with Crippen molar-refractivity contribution in [1.82, 2.24) is 4.90 Å². The first kappa shape index (κ1) is 23.1. The third-order valence-electron chi connectivity index (χ3n) is 5.25. The third kappa shape index (κ3) is 4.89. The molecule has 1 aromatic rings. The lowest BCUT2D eigenvalue weighted by atomic mass is 10.0. The van der Waals surface area contributed by atoms with Gasteiger partial charge in [-0.3, -0.25) is 9.69 Å². The first-order valence-electron chi connectivity index (χ1n) is 9.83. The van der Waals surface area contributed by atoms with Crippen LogP contribution in [0.1, 0.15) is 70.4 Å². The van der Waals surface area contributed by atoms with Gasteiger partial charge >= 0.3 is 6.18 Å². The van der Waals surface area contributed by atoms with E-state index in [0.29, 0.717) is 6.54 Å². The largest absolute Gasteiger partial charge is 0.417 e. The Morgan fingerprint density at radius 2 is 1.76 bits per heavy atom. The Morgan fingerprint density at radius 1 is 1.14 bits per heavy atom. The van der Waals surface area contributed by atoms with Crippen molar-refractivity contribution in [1.29, 1.82) is 5.26 Å². The number of carbonyl (C=O) groups excluding carboxylic acids is 1. The number of unbranched alkanes of at least 4 members (excludes halogenated alkanes) is 5. The Balaban J connectivity index is 2.23. The molecule has 1 aromatic carbocycles. The van der Waals surface area contributed by atoms with Crippen molar-refractivity contribution in [2.45, 2.75) is 71.0 Å². The smallest absolute Gasteiger partial charge is 0.334 e. The maximum atomic E-state index is 13.3. The molecular weight excluding hydrogens is 399 g/mol. The van der Waals surface area contributed by atoms with E-state index in [1.54, 1.807) is 24.8 Å². The van der Waals surface area contributed by atoms with Gasteiger partial charge in [0.05, 0.1) is 22.9 Å². The Hall–Kier alpha value is -2.14. The summed E-state index contributed by atoms with van der Waals surface area (Å²) in [7, 11) is 0. The molecule has 0 atom stereocenters. The van der Waals surface area contributed by atoms with Crippen molar-refractivity contribution < 1.29 is 18.0 Å². The molecule has 8 heteroatoms. The van der Waals surface area contributed by atoms with Gasteiger partial charge in [-0.05, 0) is 50.7 Å². The van der Waals surface area contributed by atoms with E-state index in [1.165, 1.54) is 18.9 Å². The standard InChI is InChI=1S/C21H26F3N3OS/c1-4-5-6-7-8-9-12-26-19(29)27(18(28)20(26,2)3)16-11-10-15(14-25)17(13-16)21(22,23)24/h10-11,13H,4-9,12H2,1-3H3. The average Bonchev–Trinajstić information content (AvgIpc) is 2.82. The lowest BCUT2D eigenvalue weighted by Crippen LogP contribution is -2.44. The Morgan fingerprint density at radius 3 is 2.34 bits per heavy atom. The van der Waals surface area contributed by atoms with Gasteiger partial charge in [-0.1, -0.05) is 39.0 Å². The van der Waals surface area contributed by atoms with Gasteiger partial charge < -0.3 is 4.90 Å². The van der Waals surface area contributed by atoms with Crippen molar-refractivity contribution in [2.75, 3.05) is 11.4 Å². The van der Waals surface area contributed by atoms with Crippen molar-refractivity contribution in [2.24, 2.45) is 0 Å². The molecule has 0 aliphatic carbocycles. The summed E-state index contributed by atoms with van der Waals surface area (Å²) >= 11 is 5.47. The fraction of sp³-hybridized carbons (Fsp3) is 0.571. The molecule has 1 amide bonds. The molecule has 0 bridgehead atoms. The number of nitrogens with zero attached hydrogens (tertiary/aromatic N) is 3. The molecule has 1 fully saturated rings. The second-order valence-electron chi connectivity index (χ2n) is 7.74. The van der Waals surface area contributed by atoms with E-state index in [2.05, 4.69) is 6.92 Å². The molecule has 0 saturated carbocycles. The number of thiocarbonyl (C=S) groups is 1. The van der Waals surface area contributed by atoms with E-state index >= 15 is 0 Å². The van der Waals surface area contributed by atoms with E-state index in [4.69, 9.17) is 17.5 Å². The number of carbonyl (C=O) groups is 1. The molecule has 0 aromatic heterocycles. The lowest BCUT2D eigenvalue weighted by molar-refractivity contribution is -0.137. The number of halogens is 3. The van der Waals surface area contributed by atoms with Crippen LogP contribution in [0, 0.1) is 11.3 Å². The van der Waals surface area contributed by atoms with E-state index in [-0.39, 0.29) is 16.7 Å². The van der Waals surface area contributed by atoms with Crippen LogP contribution in [0.15, 0.2) is 18.2 Å². The van der Waals surface area contributed by atoms with Crippen molar-refractivity contribution in [3.05, 3.63) is 29.3 Å². The maximum Gasteiger partial charge on any atom is 0.417 e. The summed E-state index contributed by atoms with van der Waals surface area (Å²) in [5, 5.41) is 9.18. The summed E-state index contributed by atoms with van der Waals surface area (Å²) in [5.41, 5.74) is -2.46. The number of rotatable bonds is 8. The van der Waals surface area contributed by atoms with E-state index in [1.807, 2.05) is 0 Å². The van der Waals surface area contributed by atoms with Crippen molar-refractivity contribution in [3.63, 3.8) is 0 Å². The van der Waals surface area contributed by atoms with Gasteiger partial charge in [-0.15, -0.1) is 0 Å². The summed E-state index contributed by atoms with van der Waals surface area (Å²) in [6.45, 7) is 6.18. The minimum absolute atomic E-state index is 0.0323. The third-order valence-corrected chi connectivity index (χ3v) is 5.65. The topological polar surface area (TPSA) is 47.3 Å². The Bertz CT molecular complexity index is 814. The van der Waals surface area contributed by atoms with Crippen LogP contribution in [0.5, 0.6) is 0 Å². The molecule has 4 nitrogen and oxygen atoms in total. The second kappa shape index (κ2) is 9.12. The van der Waals surface area contributed by atoms with Gasteiger partial charge in [-0.25, -0.2) is 0 Å². The van der Waals surface area contributed by atoms with E-state index < -0.39 is 22.8 Å². The van der Waals surface area contributed by atoms with Gasteiger partial charge in [0.2, 0.25) is 0 Å². The van der Waals surface area contributed by atoms with Gasteiger partial charge in [0.25, 0.3) is 5.91 Å². The molecule has 2 rings (SSSR count). The number of benzene rings is 1. The quantitative estimate of drug-likeness (QED) is 0.399. The first-order chi connectivity index (χ1) is 13.6. The molecule has 29 heavy (non-hydrogen) atoms. The molecule has 0 radical (unpaired) electrons. The van der Waals surface area contributed by atoms with Crippen molar-refractivity contribution in [3.8, 4) is 6.07 Å². The summed E-state index contributed by atoms with van der Waals surface area (Å²) in [4.78, 5) is 15.9. The molecule has 0 N–H and O–H groups in total. The zero-order valence-electron chi connectivity index (χ0n) is 17.0. The number of amides is 1. The normalized spacial score (nSPS) is 16.4. The fourth-order valence-corrected chi connectivity index (χ4v) is 4.00. The molecule has 1 aliphatic heterocycles. The van der Waals surface area contributed by atoms with E-state index in [0.717, 1.165) is 42.7 Å². The molecular formula is C21H26F3N3OS. The zero-order valence-corrected chi connectivity index (χ0v) is 17.8. The molecule has 0 unspecified atom stereocenters. The summed E-state index contributed by atoms with van der Waals surface area (Å²) in [6.07, 6.45) is 1.81. The van der Waals surface area contributed by atoms with Crippen LogP contribution in [0.4, 0.5) is 18.9 Å². The zero-order chi connectivity index (χ0) is 21.8. The number of hydrogen-bond donors (Lipinski definition) is 0. The summed E-state index contributed by atoms with van der Waals surface area (Å²) < 4.78 is 40.0. The SMILES string of the molecule is CCCCCCCCN1C(=S)N(c2ccc(C#N)c(C(F)(F)F)c2)C(=O)C1(C)C. The Labute approximate surface area is 175 Å². The highest BCUT2D eigenvalue weighted by atomic mass is 32.1. The number of anilines is 1. The summed E-state index contributed by atoms with van der Waals surface area (Å²) in [6, 6.07) is 4.79. The monoisotopic (exact) mass is 425 g/mol. The molecule has 0 spiro atoms. The highest BCUT2D eigenvalue weighted by Gasteiger charge is 2.49. The molecule has 1 aliphatic rings. The predicted octanol–water partition coefficient (Wildman–Crippen LogP) is 5.65. The average molecular weight is 426 g/mol. The van der Waals surface area contributed by atoms with Crippen LogP contribution in [0.3, 0.4) is 0 Å². The highest BCUT2D eigenvalue weighted by molar-refractivity contribution is 7.80. The number of alkyl halides is 3. The van der Waals surface area contributed by atoms with Crippen LogP contribution in [-0.4, -0.2) is 28.0 Å². The molecule has 1 saturated heterocycles. The Kier molecular flexibility index (Phi) is 7.28. The minimum Gasteiger partial charge on any atom is -0.334 e. The van der Waals surface area contributed by atoms with Gasteiger partial charge in [0, 0.05) is 6.54 Å². The van der Waals surface area contributed by atoms with Gasteiger partial charge in [-0.2, -0.15) is 18.4 Å². The fourth-order valence-electron chi connectivity index (χ4n) is 3.49. The van der Waals surface area contributed by atoms with Crippen LogP contribution >= 0.6 is 12.2 Å². The van der Waals surface area contributed by atoms with E-state index in [9.17, 15) is 18.0 Å². The summed E-state index contributed by atoms with van der Waals surface area (Å²) in [5.74, 6) is -0.369. The number of nitriles is 1. The first-order valence-corrected chi connectivity index (χ1v) is 10.2. The maximum absolute atomic E-state index is 13.3. The van der Waals surface area contributed by atoms with Crippen LogP contribution in [0.2, 0.25) is 0 Å². The van der Waals surface area contributed by atoms with Crippen LogP contribution in [0.25, 0.3) is 0 Å². The van der Waals surface area contributed by atoms with Gasteiger partial charge in [0.1, 0.15) is 5.54 Å².